The van der Waals surface area contributed by atoms with Crippen LogP contribution < -0.4 is 21.6 Å². The number of halogens is 3. The third-order valence-electron chi connectivity index (χ3n) is 7.48. The van der Waals surface area contributed by atoms with Gasteiger partial charge in [0.1, 0.15) is 23.9 Å². The van der Waals surface area contributed by atoms with Crippen molar-refractivity contribution in [3.63, 3.8) is 0 Å². The highest BCUT2D eigenvalue weighted by atomic mass is 19.4. The van der Waals surface area contributed by atoms with Crippen LogP contribution in [0.4, 0.5) is 24.5 Å². The van der Waals surface area contributed by atoms with Gasteiger partial charge in [-0.1, -0.05) is 26.8 Å². The first-order valence-electron chi connectivity index (χ1n) is 13.5. The molecular formula is C30H29F3N10. The average molecular weight is 587 g/mol. The summed E-state index contributed by atoms with van der Waals surface area (Å²) in [4.78, 5) is 8.72. The van der Waals surface area contributed by atoms with E-state index in [0.717, 1.165) is 5.01 Å². The Morgan fingerprint density at radius 3 is 2.37 bits per heavy atom. The highest BCUT2D eigenvalue weighted by Crippen LogP contribution is 2.53. The van der Waals surface area contributed by atoms with Crippen LogP contribution in [-0.4, -0.2) is 33.2 Å². The molecule has 43 heavy (non-hydrogen) atoms. The second-order valence-electron chi connectivity index (χ2n) is 11.9. The van der Waals surface area contributed by atoms with Crippen molar-refractivity contribution in [3.8, 4) is 18.2 Å². The van der Waals surface area contributed by atoms with Gasteiger partial charge in [-0.05, 0) is 43.4 Å². The van der Waals surface area contributed by atoms with Crippen molar-refractivity contribution in [1.29, 1.82) is 15.8 Å². The molecule has 0 bridgehead atoms. The van der Waals surface area contributed by atoms with Gasteiger partial charge >= 0.3 is 6.18 Å². The number of aromatic nitrogens is 2. The van der Waals surface area contributed by atoms with Crippen molar-refractivity contribution < 1.29 is 13.2 Å². The quantitative estimate of drug-likeness (QED) is 0.283. The molecule has 3 aromatic rings. The normalized spacial score (nSPS) is 16.4. The van der Waals surface area contributed by atoms with E-state index in [-0.39, 0.29) is 29.5 Å². The van der Waals surface area contributed by atoms with E-state index < -0.39 is 17.8 Å². The van der Waals surface area contributed by atoms with E-state index in [1.165, 1.54) is 18.5 Å². The molecule has 0 radical (unpaired) electrons. The fourth-order valence-electron chi connectivity index (χ4n) is 5.01. The van der Waals surface area contributed by atoms with Gasteiger partial charge in [-0.15, -0.1) is 5.53 Å². The molecule has 1 aliphatic heterocycles. The number of hydrazine groups is 2. The van der Waals surface area contributed by atoms with E-state index in [9.17, 15) is 29.0 Å². The van der Waals surface area contributed by atoms with Crippen molar-refractivity contribution in [2.45, 2.75) is 58.3 Å². The number of hydrogen-bond donors (Lipinski definition) is 4. The molecule has 5 rings (SSSR count). The third-order valence-corrected chi connectivity index (χ3v) is 7.48. The minimum Gasteiger partial charge on any atom is -0.383 e. The molecule has 1 saturated carbocycles. The highest BCUT2D eigenvalue weighted by molar-refractivity contribution is 5.99. The van der Waals surface area contributed by atoms with Crippen LogP contribution in [0.25, 0.3) is 10.9 Å². The van der Waals surface area contributed by atoms with Gasteiger partial charge in [-0.3, -0.25) is 9.99 Å². The summed E-state index contributed by atoms with van der Waals surface area (Å²) in [6.45, 7) is 8.39. The van der Waals surface area contributed by atoms with Gasteiger partial charge in [0.15, 0.2) is 5.54 Å². The summed E-state index contributed by atoms with van der Waals surface area (Å²) in [6, 6.07) is 12.2. The number of nitriles is 3. The van der Waals surface area contributed by atoms with Crippen LogP contribution >= 0.6 is 0 Å². The summed E-state index contributed by atoms with van der Waals surface area (Å²) >= 11 is 0. The van der Waals surface area contributed by atoms with Gasteiger partial charge in [0.2, 0.25) is 0 Å². The summed E-state index contributed by atoms with van der Waals surface area (Å²) in [7, 11) is 0. The summed E-state index contributed by atoms with van der Waals surface area (Å²) in [6.07, 6.45) is -1.71. The molecule has 0 unspecified atom stereocenters. The Balaban J connectivity index is 1.62. The monoisotopic (exact) mass is 586 g/mol. The second-order valence-corrected chi connectivity index (χ2v) is 11.9. The summed E-state index contributed by atoms with van der Waals surface area (Å²) in [5.74, 6) is 0. The molecule has 1 atom stereocenters. The number of aryl methyl sites for hydroxylation is 1. The van der Waals surface area contributed by atoms with Gasteiger partial charge in [0.05, 0.1) is 34.1 Å². The van der Waals surface area contributed by atoms with Crippen LogP contribution in [0, 0.1) is 46.3 Å². The summed E-state index contributed by atoms with van der Waals surface area (Å²) < 4.78 is 41.7. The van der Waals surface area contributed by atoms with E-state index in [4.69, 9.17) is 0 Å². The van der Waals surface area contributed by atoms with E-state index in [2.05, 4.69) is 43.7 Å². The smallest absolute Gasteiger partial charge is 0.383 e. The maximum Gasteiger partial charge on any atom is 0.413 e. The van der Waals surface area contributed by atoms with E-state index >= 15 is 0 Å². The molecule has 0 amide bonds. The number of rotatable bonds is 7. The Morgan fingerprint density at radius 2 is 1.79 bits per heavy atom. The van der Waals surface area contributed by atoms with Gasteiger partial charge < -0.3 is 16.1 Å². The molecule has 1 aliphatic carbocycles. The Morgan fingerprint density at radius 1 is 1.07 bits per heavy atom. The van der Waals surface area contributed by atoms with Crippen molar-refractivity contribution in [2.24, 2.45) is 5.41 Å². The van der Waals surface area contributed by atoms with Crippen LogP contribution in [-0.2, 0) is 0 Å². The minimum absolute atomic E-state index is 0.0424. The highest BCUT2D eigenvalue weighted by Gasteiger charge is 2.67. The lowest BCUT2D eigenvalue weighted by Crippen LogP contribution is -2.52. The largest absolute Gasteiger partial charge is 0.413 e. The van der Waals surface area contributed by atoms with Crippen molar-refractivity contribution in [3.05, 3.63) is 70.4 Å². The predicted molar refractivity (Wildman–Crippen MR) is 153 cm³/mol. The topological polar surface area (TPSA) is 149 Å². The molecule has 1 fully saturated rings. The Hall–Kier alpha value is -5.06. The van der Waals surface area contributed by atoms with Crippen LogP contribution in [0.3, 0.4) is 0 Å². The first-order valence-corrected chi connectivity index (χ1v) is 13.5. The van der Waals surface area contributed by atoms with Crippen molar-refractivity contribution in [1.82, 2.24) is 25.9 Å². The number of hydrogen-bond acceptors (Lipinski definition) is 10. The Bertz CT molecular complexity index is 1750. The molecule has 2 aliphatic rings. The zero-order valence-corrected chi connectivity index (χ0v) is 24.0. The fourth-order valence-corrected chi connectivity index (χ4v) is 5.01. The molecule has 3 heterocycles. The van der Waals surface area contributed by atoms with Crippen LogP contribution in [0.2, 0.25) is 0 Å². The first kappa shape index (κ1) is 29.4. The first-order chi connectivity index (χ1) is 20.3. The molecule has 10 nitrogen and oxygen atoms in total. The fraction of sp³-hybridized carbons (Fsp3) is 0.367. The number of pyridine rings is 2. The standard InChI is InChI=1S/C30H29F3N10/c1-17-22(6-5-20(13-36)39-17)27(24-15-43(42-41-24)29(7-8-29)30(31,32)33)40-21-9-18(11-34)25-23(10-21)26(19(12-35)14-37-25)38-16-28(2,3)4/h5-6,9-10,14-15,27,40-42H,7-8,16H2,1-4H3,(H,37,38)/t27-/m0/s1. The lowest BCUT2D eigenvalue weighted by atomic mass is 9.96. The maximum absolute atomic E-state index is 13.9. The van der Waals surface area contributed by atoms with Crippen LogP contribution in [0.15, 0.2) is 42.4 Å². The number of benzene rings is 1. The molecule has 0 saturated heterocycles. The van der Waals surface area contributed by atoms with Crippen molar-refractivity contribution in [2.75, 3.05) is 17.2 Å². The average Bonchev–Trinajstić information content (AvgIpc) is 3.65. The predicted octanol–water partition coefficient (Wildman–Crippen LogP) is 5.43. The zero-order chi connectivity index (χ0) is 31.2. The third kappa shape index (κ3) is 5.57. The molecule has 0 spiro atoms. The van der Waals surface area contributed by atoms with Gasteiger partial charge in [0.25, 0.3) is 0 Å². The van der Waals surface area contributed by atoms with E-state index in [0.29, 0.717) is 51.3 Å². The number of nitrogens with zero attached hydrogens (tertiary/aromatic N) is 6. The van der Waals surface area contributed by atoms with E-state index in [1.807, 2.05) is 26.8 Å². The van der Waals surface area contributed by atoms with Crippen LogP contribution in [0.5, 0.6) is 0 Å². The Labute approximate surface area is 246 Å². The van der Waals surface area contributed by atoms with Gasteiger partial charge in [-0.25, -0.2) is 4.98 Å². The van der Waals surface area contributed by atoms with Gasteiger partial charge in [-0.2, -0.15) is 29.0 Å². The number of nitrogens with one attached hydrogen (secondary N) is 4. The summed E-state index contributed by atoms with van der Waals surface area (Å²) in [5.41, 5.74) is 7.04. The second kappa shape index (κ2) is 10.6. The molecule has 2 aromatic heterocycles. The molecule has 1 aromatic carbocycles. The van der Waals surface area contributed by atoms with Gasteiger partial charge in [0, 0.05) is 41.3 Å². The summed E-state index contributed by atoms with van der Waals surface area (Å²) in [5, 5.41) is 37.5. The molecule has 4 N–H and O–H groups in total. The van der Waals surface area contributed by atoms with Crippen molar-refractivity contribution >= 4 is 22.3 Å². The number of anilines is 2. The molecular weight excluding hydrogens is 557 g/mol. The number of alkyl halides is 3. The SMILES string of the molecule is Cc1nc(C#N)ccc1[C@H](Nc1cc(C#N)c2ncc(C#N)c(NCC(C)(C)C)c2c1)C1=CN(C2(C(F)(F)F)CC2)NN1. The lowest BCUT2D eigenvalue weighted by Gasteiger charge is -2.28. The lowest BCUT2D eigenvalue weighted by molar-refractivity contribution is -0.195. The maximum atomic E-state index is 13.9. The van der Waals surface area contributed by atoms with E-state index in [1.54, 1.807) is 25.1 Å². The molecule has 220 valence electrons. The zero-order valence-electron chi connectivity index (χ0n) is 24.0. The number of fused-ring (bicyclic) bond motifs is 1. The van der Waals surface area contributed by atoms with Crippen LogP contribution in [0.1, 0.15) is 67.7 Å². The molecule has 13 heteroatoms. The Kier molecular flexibility index (Phi) is 7.29. The minimum atomic E-state index is -4.44.